The third-order valence-electron chi connectivity index (χ3n) is 2.85. The number of carbonyl (C=O) groups excluding carboxylic acids is 1. The maximum Gasteiger partial charge on any atom is 0.253 e. The number of halogens is 4. The Hall–Kier alpha value is -0.930. The molecule has 0 saturated carbocycles. The largest absolute Gasteiger partial charge is 0.341 e. The van der Waals surface area contributed by atoms with Crippen LogP contribution in [0.1, 0.15) is 22.0 Å². The number of benzene rings is 2. The van der Waals surface area contributed by atoms with E-state index in [4.69, 9.17) is 46.4 Å². The molecule has 0 heterocycles. The summed E-state index contributed by atoms with van der Waals surface area (Å²) in [5, 5.41) is 3.05. The zero-order valence-electron chi connectivity index (χ0n) is 10.7. The molecule has 2 rings (SSSR count). The molecule has 0 aromatic heterocycles. The van der Waals surface area contributed by atoms with Gasteiger partial charge in [-0.2, -0.15) is 0 Å². The first-order chi connectivity index (χ1) is 9.89. The van der Waals surface area contributed by atoms with Crippen LogP contribution >= 0.6 is 46.4 Å². The van der Waals surface area contributed by atoms with E-state index >= 15 is 0 Å². The van der Waals surface area contributed by atoms with Crippen molar-refractivity contribution in [1.29, 1.82) is 0 Å². The molecule has 0 unspecified atom stereocenters. The molecule has 0 fully saturated rings. The van der Waals surface area contributed by atoms with Gasteiger partial charge in [-0.15, -0.1) is 0 Å². The van der Waals surface area contributed by atoms with Crippen LogP contribution in [0.2, 0.25) is 5.02 Å². The molecule has 2 aromatic rings. The van der Waals surface area contributed by atoms with Crippen molar-refractivity contribution in [2.45, 2.75) is 9.83 Å². The van der Waals surface area contributed by atoms with Gasteiger partial charge in [0.1, 0.15) is 6.04 Å². The summed E-state index contributed by atoms with van der Waals surface area (Å²) >= 11 is 24.0. The van der Waals surface area contributed by atoms with E-state index in [9.17, 15) is 4.79 Å². The average molecular weight is 363 g/mol. The highest BCUT2D eigenvalue weighted by Gasteiger charge is 2.35. The van der Waals surface area contributed by atoms with Gasteiger partial charge in [-0.05, 0) is 17.7 Å². The number of nitrogens with one attached hydrogen (secondary N) is 1. The molecule has 0 saturated heterocycles. The van der Waals surface area contributed by atoms with Gasteiger partial charge in [0.05, 0.1) is 10.6 Å². The van der Waals surface area contributed by atoms with E-state index in [0.29, 0.717) is 16.1 Å². The molecule has 2 aromatic carbocycles. The highest BCUT2D eigenvalue weighted by molar-refractivity contribution is 6.68. The van der Waals surface area contributed by atoms with Gasteiger partial charge < -0.3 is 5.32 Å². The van der Waals surface area contributed by atoms with Crippen LogP contribution in [0.3, 0.4) is 0 Å². The molecular formula is C15H11Cl4NO. The molecule has 0 aliphatic carbocycles. The van der Waals surface area contributed by atoms with Gasteiger partial charge in [0, 0.05) is 0 Å². The third-order valence-corrected chi connectivity index (χ3v) is 3.84. The fraction of sp³-hybridized carbons (Fsp3) is 0.133. The average Bonchev–Trinajstić information content (AvgIpc) is 2.44. The summed E-state index contributed by atoms with van der Waals surface area (Å²) in [6.07, 6.45) is 0. The number of hydrogen-bond acceptors (Lipinski definition) is 1. The van der Waals surface area contributed by atoms with Gasteiger partial charge in [-0.1, -0.05) is 88.9 Å². The van der Waals surface area contributed by atoms with E-state index < -0.39 is 15.7 Å². The summed E-state index contributed by atoms with van der Waals surface area (Å²) in [5.41, 5.74) is 1.02. The maximum absolute atomic E-state index is 12.3. The summed E-state index contributed by atoms with van der Waals surface area (Å²) < 4.78 is -1.68. The fourth-order valence-corrected chi connectivity index (χ4v) is 2.62. The summed E-state index contributed by atoms with van der Waals surface area (Å²) in [6, 6.07) is 14.9. The minimum absolute atomic E-state index is 0.328. The first-order valence-corrected chi connectivity index (χ1v) is 7.58. The number of carbonyl (C=O) groups is 1. The van der Waals surface area contributed by atoms with E-state index in [1.165, 1.54) is 0 Å². The number of hydrogen-bond donors (Lipinski definition) is 1. The van der Waals surface area contributed by atoms with E-state index in [0.717, 1.165) is 0 Å². The second-order valence-electron chi connectivity index (χ2n) is 4.34. The summed E-state index contributed by atoms with van der Waals surface area (Å²) in [5.74, 6) is -0.402. The predicted octanol–water partition coefficient (Wildman–Crippen LogP) is 5.18. The Morgan fingerprint density at radius 1 is 0.952 bits per heavy atom. The van der Waals surface area contributed by atoms with Gasteiger partial charge in [0.2, 0.25) is 3.79 Å². The van der Waals surface area contributed by atoms with E-state index in [1.54, 1.807) is 48.5 Å². The van der Waals surface area contributed by atoms with E-state index in [-0.39, 0.29) is 0 Å². The van der Waals surface area contributed by atoms with Gasteiger partial charge in [0.25, 0.3) is 5.91 Å². The van der Waals surface area contributed by atoms with Gasteiger partial charge in [0.15, 0.2) is 0 Å². The minimum Gasteiger partial charge on any atom is -0.341 e. The number of alkyl halides is 3. The zero-order chi connectivity index (χ0) is 15.5. The molecule has 0 bridgehead atoms. The molecule has 0 spiro atoms. The topological polar surface area (TPSA) is 29.1 Å². The number of amides is 1. The van der Waals surface area contributed by atoms with Crippen LogP contribution in [0.15, 0.2) is 54.6 Å². The van der Waals surface area contributed by atoms with Crippen molar-refractivity contribution in [2.75, 3.05) is 0 Å². The SMILES string of the molecule is O=C(N[C@H](c1ccccc1)C(Cl)(Cl)Cl)c1ccccc1Cl. The van der Waals surface area contributed by atoms with Crippen molar-refractivity contribution in [2.24, 2.45) is 0 Å². The quantitative estimate of drug-likeness (QED) is 0.748. The Kier molecular flexibility index (Phi) is 5.39. The van der Waals surface area contributed by atoms with Crippen molar-refractivity contribution in [1.82, 2.24) is 5.32 Å². The molecule has 1 N–H and O–H groups in total. The normalized spacial score (nSPS) is 12.8. The van der Waals surface area contributed by atoms with E-state index in [1.807, 2.05) is 6.07 Å². The molecule has 110 valence electrons. The highest BCUT2D eigenvalue weighted by Crippen LogP contribution is 2.40. The summed E-state index contributed by atoms with van der Waals surface area (Å²) in [7, 11) is 0. The standard InChI is InChI=1S/C15H11Cl4NO/c16-12-9-5-4-8-11(12)14(21)20-13(15(17,18)19)10-6-2-1-3-7-10/h1-9,13H,(H,20,21)/t13-/m1/s1. The first kappa shape index (κ1) is 16.4. The van der Waals surface area contributed by atoms with Crippen LogP contribution in [0, 0.1) is 0 Å². The molecule has 0 aliphatic rings. The molecular weight excluding hydrogens is 352 g/mol. The van der Waals surface area contributed by atoms with E-state index in [2.05, 4.69) is 5.32 Å². The van der Waals surface area contributed by atoms with Gasteiger partial charge in [-0.25, -0.2) is 0 Å². The molecule has 0 aliphatic heterocycles. The lowest BCUT2D eigenvalue weighted by Crippen LogP contribution is -2.36. The van der Waals surface area contributed by atoms with Crippen molar-refractivity contribution >= 4 is 52.3 Å². The Balaban J connectivity index is 2.29. The Morgan fingerprint density at radius 3 is 2.10 bits per heavy atom. The summed E-state index contributed by atoms with van der Waals surface area (Å²) in [4.78, 5) is 12.3. The molecule has 1 amide bonds. The zero-order valence-corrected chi connectivity index (χ0v) is 13.7. The molecule has 2 nitrogen and oxygen atoms in total. The van der Waals surface area contributed by atoms with Crippen molar-refractivity contribution in [3.05, 3.63) is 70.7 Å². The van der Waals surface area contributed by atoms with Crippen LogP contribution in [-0.4, -0.2) is 9.70 Å². The Labute approximate surface area is 143 Å². The molecule has 21 heavy (non-hydrogen) atoms. The lowest BCUT2D eigenvalue weighted by atomic mass is 10.1. The fourth-order valence-electron chi connectivity index (χ4n) is 1.85. The molecule has 1 atom stereocenters. The second-order valence-corrected chi connectivity index (χ2v) is 7.11. The lowest BCUT2D eigenvalue weighted by Gasteiger charge is -2.26. The molecule has 6 heteroatoms. The van der Waals surface area contributed by atoms with Crippen LogP contribution in [0.5, 0.6) is 0 Å². The highest BCUT2D eigenvalue weighted by atomic mass is 35.6. The van der Waals surface area contributed by atoms with Crippen LogP contribution in [-0.2, 0) is 0 Å². The van der Waals surface area contributed by atoms with Crippen LogP contribution < -0.4 is 5.32 Å². The van der Waals surface area contributed by atoms with Crippen LogP contribution in [0.25, 0.3) is 0 Å². The smallest absolute Gasteiger partial charge is 0.253 e. The third kappa shape index (κ3) is 4.27. The summed E-state index contributed by atoms with van der Waals surface area (Å²) in [6.45, 7) is 0. The Morgan fingerprint density at radius 2 is 1.52 bits per heavy atom. The van der Waals surface area contributed by atoms with Crippen molar-refractivity contribution in [3.63, 3.8) is 0 Å². The second kappa shape index (κ2) is 6.89. The van der Waals surface area contributed by atoms with Gasteiger partial charge in [-0.3, -0.25) is 4.79 Å². The maximum atomic E-state index is 12.3. The first-order valence-electron chi connectivity index (χ1n) is 6.06. The minimum atomic E-state index is -1.68. The van der Waals surface area contributed by atoms with Crippen molar-refractivity contribution < 1.29 is 4.79 Å². The number of rotatable bonds is 3. The van der Waals surface area contributed by atoms with Crippen molar-refractivity contribution in [3.8, 4) is 0 Å². The predicted molar refractivity (Wildman–Crippen MR) is 88.4 cm³/mol. The van der Waals surface area contributed by atoms with Crippen LogP contribution in [0.4, 0.5) is 0 Å². The van der Waals surface area contributed by atoms with Gasteiger partial charge >= 0.3 is 0 Å². The Bertz CT molecular complexity index is 625. The monoisotopic (exact) mass is 361 g/mol. The lowest BCUT2D eigenvalue weighted by molar-refractivity contribution is 0.0937. The molecule has 0 radical (unpaired) electrons.